The van der Waals surface area contributed by atoms with Crippen LogP contribution in [-0.4, -0.2) is 54.4 Å². The highest BCUT2D eigenvalue weighted by atomic mass is 32.2. The first-order chi connectivity index (χ1) is 9.20. The zero-order chi connectivity index (χ0) is 13.7. The number of aryl methyl sites for hydroxylation is 1. The first-order valence-corrected chi connectivity index (χ1v) is 7.95. The highest BCUT2D eigenvalue weighted by molar-refractivity contribution is 7.99. The van der Waals surface area contributed by atoms with Gasteiger partial charge in [0, 0.05) is 24.1 Å². The van der Waals surface area contributed by atoms with E-state index in [4.69, 9.17) is 4.74 Å². The first-order valence-electron chi connectivity index (χ1n) is 6.79. The monoisotopic (exact) mass is 281 g/mol. The Morgan fingerprint density at radius 2 is 2.16 bits per heavy atom. The number of hydrogen-bond acceptors (Lipinski definition) is 4. The summed E-state index contributed by atoms with van der Waals surface area (Å²) < 4.78 is 5.15. The van der Waals surface area contributed by atoms with E-state index in [2.05, 4.69) is 24.1 Å². The van der Waals surface area contributed by atoms with Crippen molar-refractivity contribution in [3.8, 4) is 5.75 Å². The average Bonchev–Trinajstić information content (AvgIpc) is 2.46. The molecule has 0 amide bonds. The summed E-state index contributed by atoms with van der Waals surface area (Å²) in [5.74, 6) is 3.10. The molecule has 4 heteroatoms. The van der Waals surface area contributed by atoms with Crippen molar-refractivity contribution < 1.29 is 9.84 Å². The summed E-state index contributed by atoms with van der Waals surface area (Å²) in [6.07, 6.45) is 1.50. The lowest BCUT2D eigenvalue weighted by Crippen LogP contribution is -2.47. The normalized spacial score (nSPS) is 22.2. The Bertz CT molecular complexity index is 382. The first kappa shape index (κ1) is 14.7. The third kappa shape index (κ3) is 4.13. The third-order valence-corrected chi connectivity index (χ3v) is 4.82. The van der Waals surface area contributed by atoms with Gasteiger partial charge in [0.05, 0.1) is 13.2 Å². The molecule has 1 aromatic carbocycles. The van der Waals surface area contributed by atoms with Crippen LogP contribution in [0.1, 0.15) is 12.0 Å². The Balaban J connectivity index is 1.83. The second-order valence-corrected chi connectivity index (χ2v) is 6.23. The van der Waals surface area contributed by atoms with Crippen molar-refractivity contribution in [3.05, 3.63) is 29.8 Å². The van der Waals surface area contributed by atoms with Gasteiger partial charge in [-0.15, -0.1) is 0 Å². The Labute approximate surface area is 120 Å². The molecule has 0 radical (unpaired) electrons. The van der Waals surface area contributed by atoms with Crippen molar-refractivity contribution in [3.63, 3.8) is 0 Å². The maximum atomic E-state index is 10.3. The fraction of sp³-hybridized carbons (Fsp3) is 0.600. The van der Waals surface area contributed by atoms with E-state index in [0.29, 0.717) is 6.04 Å². The molecule has 1 fully saturated rings. The van der Waals surface area contributed by atoms with Crippen molar-refractivity contribution in [2.45, 2.75) is 25.0 Å². The number of ether oxygens (including phenoxy) is 1. The molecule has 1 aromatic rings. The smallest absolute Gasteiger partial charge is 0.118 e. The van der Waals surface area contributed by atoms with E-state index in [9.17, 15) is 5.11 Å². The molecule has 2 rings (SSSR count). The van der Waals surface area contributed by atoms with Crippen LogP contribution in [0.5, 0.6) is 5.75 Å². The van der Waals surface area contributed by atoms with Crippen LogP contribution in [0.25, 0.3) is 0 Å². The van der Waals surface area contributed by atoms with Gasteiger partial charge in [-0.25, -0.2) is 0 Å². The predicted molar refractivity (Wildman–Crippen MR) is 81.1 cm³/mol. The number of benzene rings is 1. The summed E-state index contributed by atoms with van der Waals surface area (Å²) in [6, 6.07) is 8.40. The molecule has 0 saturated carbocycles. The summed E-state index contributed by atoms with van der Waals surface area (Å²) >= 11 is 1.94. The van der Waals surface area contributed by atoms with Gasteiger partial charge in [-0.1, -0.05) is 12.1 Å². The number of aliphatic hydroxyl groups excluding tert-OH is 1. The van der Waals surface area contributed by atoms with Gasteiger partial charge in [0.1, 0.15) is 5.75 Å². The highest BCUT2D eigenvalue weighted by Crippen LogP contribution is 2.20. The van der Waals surface area contributed by atoms with Gasteiger partial charge in [0.2, 0.25) is 0 Å². The van der Waals surface area contributed by atoms with Gasteiger partial charge in [-0.3, -0.25) is 4.90 Å². The summed E-state index contributed by atoms with van der Waals surface area (Å²) in [7, 11) is 3.79. The molecule has 2 atom stereocenters. The molecule has 19 heavy (non-hydrogen) atoms. The number of hydrogen-bond donors (Lipinski definition) is 1. The molecule has 0 aliphatic carbocycles. The molecule has 2 unspecified atom stereocenters. The van der Waals surface area contributed by atoms with E-state index in [0.717, 1.165) is 30.9 Å². The molecular formula is C15H23NO2S. The molecule has 1 N–H and O–H groups in total. The topological polar surface area (TPSA) is 32.7 Å². The SMILES string of the molecule is COc1ccc(CCC(O)C2CSCCN2C)cc1. The zero-order valence-electron chi connectivity index (χ0n) is 11.7. The molecule has 1 aliphatic rings. The van der Waals surface area contributed by atoms with Crippen molar-refractivity contribution in [2.75, 3.05) is 32.2 Å². The fourth-order valence-electron chi connectivity index (χ4n) is 2.41. The van der Waals surface area contributed by atoms with Gasteiger partial charge >= 0.3 is 0 Å². The van der Waals surface area contributed by atoms with Crippen LogP contribution >= 0.6 is 11.8 Å². The van der Waals surface area contributed by atoms with E-state index in [-0.39, 0.29) is 6.10 Å². The summed E-state index contributed by atoms with van der Waals surface area (Å²) in [5.41, 5.74) is 1.26. The van der Waals surface area contributed by atoms with Gasteiger partial charge in [-0.05, 0) is 37.6 Å². The Kier molecular flexibility index (Phi) is 5.55. The number of likely N-dealkylation sites (N-methyl/N-ethyl adjacent to an activating group) is 1. The minimum Gasteiger partial charge on any atom is -0.497 e. The van der Waals surface area contributed by atoms with Crippen LogP contribution in [0, 0.1) is 0 Å². The molecule has 3 nitrogen and oxygen atoms in total. The molecule has 0 spiro atoms. The standard InChI is InChI=1S/C15H23NO2S/c1-16-9-10-19-11-14(16)15(17)8-5-12-3-6-13(18-2)7-4-12/h3-4,6-7,14-15,17H,5,8-11H2,1-2H3. The van der Waals surface area contributed by atoms with Crippen LogP contribution < -0.4 is 4.74 Å². The zero-order valence-corrected chi connectivity index (χ0v) is 12.5. The van der Waals surface area contributed by atoms with Crippen molar-refractivity contribution in [1.82, 2.24) is 4.90 Å². The lowest BCUT2D eigenvalue weighted by molar-refractivity contribution is 0.0697. The van der Waals surface area contributed by atoms with Gasteiger partial charge in [0.25, 0.3) is 0 Å². The Hall–Kier alpha value is -0.710. The molecule has 1 aliphatic heterocycles. The van der Waals surface area contributed by atoms with E-state index in [1.54, 1.807) is 7.11 Å². The molecular weight excluding hydrogens is 258 g/mol. The molecule has 1 heterocycles. The van der Waals surface area contributed by atoms with Gasteiger partial charge in [0.15, 0.2) is 0 Å². The van der Waals surface area contributed by atoms with Crippen LogP contribution in [0.15, 0.2) is 24.3 Å². The van der Waals surface area contributed by atoms with Crippen LogP contribution in [0.4, 0.5) is 0 Å². The maximum Gasteiger partial charge on any atom is 0.118 e. The predicted octanol–water partition coefficient (Wildman–Crippen LogP) is 2.04. The number of thioether (sulfide) groups is 1. The second kappa shape index (κ2) is 7.17. The van der Waals surface area contributed by atoms with Crippen LogP contribution in [-0.2, 0) is 6.42 Å². The largest absolute Gasteiger partial charge is 0.497 e. The lowest BCUT2D eigenvalue weighted by Gasteiger charge is -2.35. The lowest BCUT2D eigenvalue weighted by atomic mass is 10.0. The summed E-state index contributed by atoms with van der Waals surface area (Å²) in [4.78, 5) is 2.29. The molecule has 106 valence electrons. The molecule has 0 aromatic heterocycles. The van der Waals surface area contributed by atoms with E-state index in [1.807, 2.05) is 23.9 Å². The number of methoxy groups -OCH3 is 1. The third-order valence-electron chi connectivity index (χ3n) is 3.78. The number of aliphatic hydroxyl groups is 1. The van der Waals surface area contributed by atoms with Crippen molar-refractivity contribution in [1.29, 1.82) is 0 Å². The minimum absolute atomic E-state index is 0.236. The summed E-state index contributed by atoms with van der Waals surface area (Å²) in [6.45, 7) is 1.08. The quantitative estimate of drug-likeness (QED) is 0.895. The minimum atomic E-state index is -0.236. The van der Waals surface area contributed by atoms with E-state index in [1.165, 1.54) is 11.3 Å². The Morgan fingerprint density at radius 1 is 1.42 bits per heavy atom. The molecule has 1 saturated heterocycles. The Morgan fingerprint density at radius 3 is 2.79 bits per heavy atom. The van der Waals surface area contributed by atoms with Crippen LogP contribution in [0.3, 0.4) is 0 Å². The van der Waals surface area contributed by atoms with E-state index < -0.39 is 0 Å². The maximum absolute atomic E-state index is 10.3. The number of nitrogens with zero attached hydrogens (tertiary/aromatic N) is 1. The highest BCUT2D eigenvalue weighted by Gasteiger charge is 2.26. The van der Waals surface area contributed by atoms with E-state index >= 15 is 0 Å². The fourth-order valence-corrected chi connectivity index (χ4v) is 3.71. The summed E-state index contributed by atoms with van der Waals surface area (Å²) in [5, 5.41) is 10.3. The van der Waals surface area contributed by atoms with Crippen molar-refractivity contribution in [2.24, 2.45) is 0 Å². The average molecular weight is 281 g/mol. The molecule has 0 bridgehead atoms. The number of rotatable bonds is 5. The van der Waals surface area contributed by atoms with Gasteiger partial charge in [-0.2, -0.15) is 11.8 Å². The van der Waals surface area contributed by atoms with Crippen molar-refractivity contribution >= 4 is 11.8 Å². The second-order valence-electron chi connectivity index (χ2n) is 5.08. The van der Waals surface area contributed by atoms with Crippen LogP contribution in [0.2, 0.25) is 0 Å². The van der Waals surface area contributed by atoms with Gasteiger partial charge < -0.3 is 9.84 Å².